The summed E-state index contributed by atoms with van der Waals surface area (Å²) in [4.78, 5) is 42.8. The van der Waals surface area contributed by atoms with E-state index in [2.05, 4.69) is 15.9 Å². The highest BCUT2D eigenvalue weighted by molar-refractivity contribution is 9.10. The SMILES string of the molecule is CC(=O)C12c3ccccc3C(c3ccccc31)[C@H]1C(=O)N(c3ccc(C)c(Br)c3)C(=O)[C@H]12. The molecule has 3 aliphatic carbocycles. The second-order valence-corrected chi connectivity index (χ2v) is 9.82. The van der Waals surface area contributed by atoms with Gasteiger partial charge >= 0.3 is 0 Å². The Hall–Kier alpha value is -3.05. The Morgan fingerprint density at radius 3 is 2.06 bits per heavy atom. The predicted octanol–water partition coefficient (Wildman–Crippen LogP) is 4.90. The van der Waals surface area contributed by atoms with Crippen LogP contribution >= 0.6 is 15.9 Å². The number of Topliss-reactive ketones (excluding diaryl/α,β-unsaturated/α-hetero) is 1. The first-order chi connectivity index (χ1) is 15.4. The highest BCUT2D eigenvalue weighted by Crippen LogP contribution is 2.64. The molecule has 0 N–H and O–H groups in total. The van der Waals surface area contributed by atoms with Crippen LogP contribution in [0.2, 0.25) is 0 Å². The number of hydrogen-bond acceptors (Lipinski definition) is 3. The van der Waals surface area contributed by atoms with Gasteiger partial charge in [-0.2, -0.15) is 0 Å². The van der Waals surface area contributed by atoms with Gasteiger partial charge in [-0.05, 0) is 53.8 Å². The van der Waals surface area contributed by atoms with Gasteiger partial charge in [-0.3, -0.25) is 14.4 Å². The van der Waals surface area contributed by atoms with Gasteiger partial charge in [0, 0.05) is 10.4 Å². The minimum atomic E-state index is -1.16. The van der Waals surface area contributed by atoms with Crippen molar-refractivity contribution in [3.05, 3.63) is 99.0 Å². The number of anilines is 1. The van der Waals surface area contributed by atoms with E-state index < -0.39 is 17.3 Å². The molecule has 0 aromatic heterocycles. The average molecular weight is 486 g/mol. The molecule has 0 saturated carbocycles. The number of imide groups is 1. The molecule has 1 fully saturated rings. The van der Waals surface area contributed by atoms with Crippen LogP contribution < -0.4 is 4.90 Å². The minimum Gasteiger partial charge on any atom is -0.299 e. The Balaban J connectivity index is 1.66. The van der Waals surface area contributed by atoms with Crippen LogP contribution in [0.25, 0.3) is 0 Å². The molecular formula is C27H20BrNO3. The van der Waals surface area contributed by atoms with Gasteiger partial charge in [0.05, 0.1) is 22.9 Å². The van der Waals surface area contributed by atoms with E-state index in [0.717, 1.165) is 32.3 Å². The molecule has 3 aromatic rings. The van der Waals surface area contributed by atoms with E-state index >= 15 is 0 Å². The molecule has 3 aromatic carbocycles. The number of hydrogen-bond donors (Lipinski definition) is 0. The summed E-state index contributed by atoms with van der Waals surface area (Å²) in [7, 11) is 0. The van der Waals surface area contributed by atoms with Gasteiger partial charge in [0.25, 0.3) is 0 Å². The number of carbonyl (C=O) groups excluding carboxylic acids is 3. The molecule has 1 saturated heterocycles. The van der Waals surface area contributed by atoms with E-state index in [1.807, 2.05) is 67.6 Å². The lowest BCUT2D eigenvalue weighted by molar-refractivity contribution is -0.132. The summed E-state index contributed by atoms with van der Waals surface area (Å²) in [6.45, 7) is 3.51. The fraction of sp³-hybridized carbons (Fsp3) is 0.222. The number of benzene rings is 3. The van der Waals surface area contributed by atoms with Crippen LogP contribution in [0.1, 0.15) is 40.7 Å². The van der Waals surface area contributed by atoms with Gasteiger partial charge in [0.2, 0.25) is 11.8 Å². The van der Waals surface area contributed by atoms with E-state index in [-0.39, 0.29) is 23.5 Å². The van der Waals surface area contributed by atoms with Gasteiger partial charge in [-0.25, -0.2) is 4.90 Å². The molecule has 1 heterocycles. The average Bonchev–Trinajstić information content (AvgIpc) is 3.06. The number of amides is 2. The molecule has 1 aliphatic heterocycles. The summed E-state index contributed by atoms with van der Waals surface area (Å²) in [5.41, 5.74) is 4.10. The van der Waals surface area contributed by atoms with Crippen LogP contribution in [0.15, 0.2) is 71.2 Å². The first kappa shape index (κ1) is 19.6. The zero-order chi connectivity index (χ0) is 22.4. The van der Waals surface area contributed by atoms with E-state index in [1.165, 1.54) is 4.90 Å². The first-order valence-corrected chi connectivity index (χ1v) is 11.5. The van der Waals surface area contributed by atoms with E-state index in [4.69, 9.17) is 0 Å². The molecule has 158 valence electrons. The highest BCUT2D eigenvalue weighted by Gasteiger charge is 2.69. The third-order valence-electron chi connectivity index (χ3n) is 7.59. The van der Waals surface area contributed by atoms with Gasteiger partial charge in [0.15, 0.2) is 0 Å². The monoisotopic (exact) mass is 485 g/mol. The van der Waals surface area contributed by atoms with Crippen LogP contribution in [-0.4, -0.2) is 17.6 Å². The summed E-state index contributed by atoms with van der Waals surface area (Å²) < 4.78 is 0.835. The topological polar surface area (TPSA) is 54.5 Å². The van der Waals surface area contributed by atoms with Gasteiger partial charge in [0.1, 0.15) is 5.78 Å². The second kappa shape index (κ2) is 6.48. The van der Waals surface area contributed by atoms with Crippen molar-refractivity contribution in [1.82, 2.24) is 0 Å². The number of nitrogens with zero attached hydrogens (tertiary/aromatic N) is 1. The van der Waals surface area contributed by atoms with Gasteiger partial charge < -0.3 is 0 Å². The summed E-state index contributed by atoms with van der Waals surface area (Å²) in [5.74, 6) is -2.21. The first-order valence-electron chi connectivity index (χ1n) is 10.7. The quantitative estimate of drug-likeness (QED) is 0.485. The Morgan fingerprint density at radius 1 is 0.906 bits per heavy atom. The van der Waals surface area contributed by atoms with E-state index in [1.54, 1.807) is 13.0 Å². The highest BCUT2D eigenvalue weighted by atomic mass is 79.9. The maximum atomic E-state index is 14.0. The minimum absolute atomic E-state index is 0.0985. The Bertz CT molecular complexity index is 1310. The maximum absolute atomic E-state index is 14.0. The Morgan fingerprint density at radius 2 is 1.50 bits per heavy atom. The van der Waals surface area contributed by atoms with Crippen molar-refractivity contribution in [2.75, 3.05) is 4.90 Å². The van der Waals surface area contributed by atoms with E-state index in [9.17, 15) is 14.4 Å². The lowest BCUT2D eigenvalue weighted by Gasteiger charge is -2.52. The van der Waals surface area contributed by atoms with Gasteiger partial charge in [-0.15, -0.1) is 0 Å². The van der Waals surface area contributed by atoms with Crippen LogP contribution in [-0.2, 0) is 19.8 Å². The zero-order valence-corrected chi connectivity index (χ0v) is 19.2. The smallest absolute Gasteiger partial charge is 0.239 e. The van der Waals surface area contributed by atoms with Crippen LogP contribution in [0.3, 0.4) is 0 Å². The van der Waals surface area contributed by atoms with Crippen molar-refractivity contribution < 1.29 is 14.4 Å². The summed E-state index contributed by atoms with van der Waals surface area (Å²) in [5, 5.41) is 0. The fourth-order valence-electron chi connectivity index (χ4n) is 6.35. The molecule has 4 aliphatic rings. The number of halogens is 1. The molecule has 2 amide bonds. The van der Waals surface area contributed by atoms with Crippen molar-refractivity contribution in [3.63, 3.8) is 0 Å². The lowest BCUT2D eigenvalue weighted by atomic mass is 9.46. The van der Waals surface area contributed by atoms with Crippen LogP contribution in [0.4, 0.5) is 5.69 Å². The Kier molecular flexibility index (Phi) is 3.98. The number of rotatable bonds is 2. The predicted molar refractivity (Wildman–Crippen MR) is 125 cm³/mol. The summed E-state index contributed by atoms with van der Waals surface area (Å²) in [6, 6.07) is 21.1. The third-order valence-corrected chi connectivity index (χ3v) is 8.44. The summed E-state index contributed by atoms with van der Waals surface area (Å²) >= 11 is 3.52. The molecule has 4 nitrogen and oxygen atoms in total. The van der Waals surface area contributed by atoms with Crippen molar-refractivity contribution >= 4 is 39.2 Å². The van der Waals surface area contributed by atoms with E-state index in [0.29, 0.717) is 5.69 Å². The summed E-state index contributed by atoms with van der Waals surface area (Å²) in [6.07, 6.45) is 0. The molecule has 5 heteroatoms. The fourth-order valence-corrected chi connectivity index (χ4v) is 6.71. The zero-order valence-electron chi connectivity index (χ0n) is 17.6. The van der Waals surface area contributed by atoms with Crippen molar-refractivity contribution in [2.45, 2.75) is 25.2 Å². The third kappa shape index (κ3) is 2.15. The number of ketones is 1. The van der Waals surface area contributed by atoms with Crippen LogP contribution in [0, 0.1) is 18.8 Å². The lowest BCUT2D eigenvalue weighted by Crippen LogP contribution is -2.57. The molecule has 0 radical (unpaired) electrons. The normalized spacial score (nSPS) is 27.2. The number of carbonyl (C=O) groups is 3. The van der Waals surface area contributed by atoms with Gasteiger partial charge in [-0.1, -0.05) is 70.5 Å². The standard InChI is InChI=1S/C27H20BrNO3/c1-14-11-12-16(13-21(14)28)29-25(31)23-22-17-7-3-5-9-19(17)27(15(2)30,24(23)26(29)32)20-10-6-4-8-18(20)22/h3-13,22-24H,1-2H3/t22?,23-,24+,27?/m1/s1. The van der Waals surface area contributed by atoms with Crippen LogP contribution in [0.5, 0.6) is 0 Å². The molecule has 2 bridgehead atoms. The van der Waals surface area contributed by atoms with Crippen molar-refractivity contribution in [1.29, 1.82) is 0 Å². The number of aryl methyl sites for hydroxylation is 1. The molecule has 0 unspecified atom stereocenters. The molecule has 2 atom stereocenters. The molecule has 32 heavy (non-hydrogen) atoms. The maximum Gasteiger partial charge on any atom is 0.239 e. The largest absolute Gasteiger partial charge is 0.299 e. The Labute approximate surface area is 194 Å². The van der Waals surface area contributed by atoms with Crippen molar-refractivity contribution in [3.8, 4) is 0 Å². The molecule has 0 spiro atoms. The second-order valence-electron chi connectivity index (χ2n) is 8.97. The molecular weight excluding hydrogens is 466 g/mol. The molecule has 7 rings (SSSR count). The van der Waals surface area contributed by atoms with Crippen molar-refractivity contribution in [2.24, 2.45) is 11.8 Å².